The molecule has 366 valence electrons. The number of hydrogen-bond donors (Lipinski definition) is 3. The second kappa shape index (κ2) is 25.1. The number of imidazole rings is 2. The van der Waals surface area contributed by atoms with Crippen LogP contribution in [0.15, 0.2) is 122 Å². The summed E-state index contributed by atoms with van der Waals surface area (Å²) in [6, 6.07) is 37.0. The van der Waals surface area contributed by atoms with Crippen molar-refractivity contribution in [2.24, 2.45) is 19.8 Å². The summed E-state index contributed by atoms with van der Waals surface area (Å²) >= 11 is 0. The van der Waals surface area contributed by atoms with Gasteiger partial charge in [-0.2, -0.15) is 0 Å². The Morgan fingerprint density at radius 2 is 1.12 bits per heavy atom. The molecule has 2 aromatic heterocycles. The standard InChI is InChI=1S/C37H47N3O4Si.C16H21N3O2.CH4.ClH/c1-27(41)34-39-33(26-40(34)8)29-21-19-28(20-22-29)25-30(38-35(42)44-36(2,3)4)23-24-43-45(37(5,6)7,31-15-11-9-12-16-31)32-17-13-10-14-18-32;1-11(21)16-18-15(10-19(16)2)13-5-3-12(4-6-13)9-14(17)7-8-20;;/h9-22,26,30H,23-25H2,1-8H3,(H,38,42);3-6,10,14,20H,7-9,17H2,1-2H3;1H4;1H/t30-;14-;;/m11../s1. The van der Waals surface area contributed by atoms with Crippen LogP contribution in [0.1, 0.15) is 108 Å². The maximum Gasteiger partial charge on any atom is 0.407 e. The number of aliphatic hydroxyl groups is 1. The van der Waals surface area contributed by atoms with Gasteiger partial charge in [-0.05, 0) is 73.0 Å². The van der Waals surface area contributed by atoms with Crippen molar-refractivity contribution in [2.75, 3.05) is 13.2 Å². The highest BCUT2D eigenvalue weighted by atomic mass is 35.5. The number of Topliss-reactive ketones (excluding diaryl/α,β-unsaturated/α-hetero) is 2. The van der Waals surface area contributed by atoms with Gasteiger partial charge in [0.25, 0.3) is 8.32 Å². The molecule has 0 saturated heterocycles. The van der Waals surface area contributed by atoms with E-state index in [1.54, 1.807) is 9.13 Å². The van der Waals surface area contributed by atoms with Crippen molar-refractivity contribution in [3.63, 3.8) is 0 Å². The van der Waals surface area contributed by atoms with Gasteiger partial charge in [0.2, 0.25) is 0 Å². The largest absolute Gasteiger partial charge is 0.444 e. The van der Waals surface area contributed by atoms with Gasteiger partial charge >= 0.3 is 6.09 Å². The number of amides is 1. The highest BCUT2D eigenvalue weighted by Gasteiger charge is 2.50. The summed E-state index contributed by atoms with van der Waals surface area (Å²) in [5, 5.41) is 14.3. The molecule has 0 bridgehead atoms. The Labute approximate surface area is 411 Å². The van der Waals surface area contributed by atoms with E-state index in [1.807, 2.05) is 108 Å². The summed E-state index contributed by atoms with van der Waals surface area (Å²) in [5.74, 6) is 0.766. The zero-order valence-corrected chi connectivity index (χ0v) is 42.5. The Morgan fingerprint density at radius 1 is 0.691 bits per heavy atom. The molecule has 0 unspecified atom stereocenters. The fraction of sp³-hybridized carbons (Fsp3) is 0.389. The number of ether oxygens (including phenoxy) is 1. The van der Waals surface area contributed by atoms with Crippen LogP contribution in [0.4, 0.5) is 4.79 Å². The highest BCUT2D eigenvalue weighted by molar-refractivity contribution is 6.99. The number of aryl methyl sites for hydroxylation is 2. The van der Waals surface area contributed by atoms with Gasteiger partial charge in [0.1, 0.15) is 5.60 Å². The van der Waals surface area contributed by atoms with Crippen molar-refractivity contribution < 1.29 is 28.7 Å². The molecule has 12 nitrogen and oxygen atoms in total. The number of aromatic nitrogens is 4. The first-order chi connectivity index (χ1) is 31.2. The third-order valence-corrected chi connectivity index (χ3v) is 16.3. The first-order valence-corrected chi connectivity index (χ1v) is 24.5. The minimum Gasteiger partial charge on any atom is -0.444 e. The first-order valence-electron chi connectivity index (χ1n) is 22.6. The lowest BCUT2D eigenvalue weighted by atomic mass is 10.0. The number of carbonyl (C=O) groups is 3. The summed E-state index contributed by atoms with van der Waals surface area (Å²) in [4.78, 5) is 45.1. The van der Waals surface area contributed by atoms with E-state index in [4.69, 9.17) is 20.0 Å². The molecule has 4 aromatic carbocycles. The van der Waals surface area contributed by atoms with E-state index in [9.17, 15) is 14.4 Å². The Bertz CT molecular complexity index is 2470. The summed E-state index contributed by atoms with van der Waals surface area (Å²) in [6.45, 7) is 16.0. The number of aliphatic hydroxyl groups excluding tert-OH is 1. The third-order valence-electron chi connectivity index (χ3n) is 11.3. The number of nitrogens with zero attached hydrogens (tertiary/aromatic N) is 4. The van der Waals surface area contributed by atoms with Crippen LogP contribution in [-0.2, 0) is 36.1 Å². The number of ketones is 2. The minimum atomic E-state index is -2.72. The average molecular weight is 966 g/mol. The van der Waals surface area contributed by atoms with Crippen LogP contribution in [0.25, 0.3) is 22.5 Å². The van der Waals surface area contributed by atoms with E-state index < -0.39 is 20.0 Å². The van der Waals surface area contributed by atoms with Gasteiger partial charge < -0.3 is 34.5 Å². The first kappa shape index (κ1) is 56.6. The van der Waals surface area contributed by atoms with Crippen LogP contribution in [0.3, 0.4) is 0 Å². The molecule has 6 rings (SSSR count). The number of alkyl carbamates (subject to hydrolysis) is 1. The predicted molar refractivity (Wildman–Crippen MR) is 280 cm³/mol. The fourth-order valence-electron chi connectivity index (χ4n) is 8.16. The zero-order valence-electron chi connectivity index (χ0n) is 40.7. The summed E-state index contributed by atoms with van der Waals surface area (Å²) in [7, 11) is 0.919. The summed E-state index contributed by atoms with van der Waals surface area (Å²) in [6.07, 6.45) is 5.81. The van der Waals surface area contributed by atoms with Gasteiger partial charge in [0.15, 0.2) is 23.2 Å². The molecule has 0 aliphatic rings. The molecule has 0 fully saturated rings. The number of rotatable bonds is 17. The number of halogens is 1. The van der Waals surface area contributed by atoms with Crippen LogP contribution in [0.2, 0.25) is 5.04 Å². The Kier molecular flexibility index (Phi) is 20.9. The Morgan fingerprint density at radius 3 is 1.49 bits per heavy atom. The Balaban J connectivity index is 0.000000447. The van der Waals surface area contributed by atoms with Crippen molar-refractivity contribution in [3.8, 4) is 22.5 Å². The zero-order chi connectivity index (χ0) is 48.2. The normalized spacial score (nSPS) is 12.4. The molecule has 6 aromatic rings. The molecule has 0 radical (unpaired) electrons. The monoisotopic (exact) mass is 965 g/mol. The summed E-state index contributed by atoms with van der Waals surface area (Å²) < 4.78 is 16.3. The number of nitrogens with one attached hydrogen (secondary N) is 1. The molecular weight excluding hydrogens is 892 g/mol. The average Bonchev–Trinajstić information content (AvgIpc) is 3.85. The lowest BCUT2D eigenvalue weighted by molar-refractivity contribution is 0.0497. The second-order valence-corrected chi connectivity index (χ2v) is 23.3. The van der Waals surface area contributed by atoms with Crippen molar-refractivity contribution >= 4 is 48.8 Å². The lowest BCUT2D eigenvalue weighted by Gasteiger charge is -2.43. The van der Waals surface area contributed by atoms with Crippen LogP contribution in [0, 0.1) is 0 Å². The molecule has 4 N–H and O–H groups in total. The van der Waals surface area contributed by atoms with E-state index in [2.05, 4.69) is 84.6 Å². The molecule has 0 aliphatic carbocycles. The number of hydrogen-bond acceptors (Lipinski definition) is 9. The maximum atomic E-state index is 12.9. The fourth-order valence-corrected chi connectivity index (χ4v) is 12.7. The molecule has 2 heterocycles. The van der Waals surface area contributed by atoms with E-state index >= 15 is 0 Å². The van der Waals surface area contributed by atoms with Crippen LogP contribution < -0.4 is 21.4 Å². The van der Waals surface area contributed by atoms with Crippen molar-refractivity contribution in [1.82, 2.24) is 24.4 Å². The molecule has 1 amide bonds. The third kappa shape index (κ3) is 15.1. The van der Waals surface area contributed by atoms with Gasteiger partial charge in [-0.1, -0.05) is 137 Å². The molecule has 0 saturated carbocycles. The minimum absolute atomic E-state index is 0. The van der Waals surface area contributed by atoms with E-state index in [0.717, 1.165) is 40.1 Å². The second-order valence-electron chi connectivity index (χ2n) is 19.0. The maximum absolute atomic E-state index is 12.9. The SMILES string of the molecule is C.CC(=O)c1nc(-c2ccc(C[C@@H](CCO[Si](c3ccccc3)(c3ccccc3)C(C)(C)C)NC(=O)OC(C)(C)C)cc2)cn1C.CC(=O)c1nc(-c2ccc(C[C@H](N)CCO)cc2)cn1C.Cl. The van der Waals surface area contributed by atoms with E-state index in [1.165, 1.54) is 24.2 Å². The van der Waals surface area contributed by atoms with Crippen molar-refractivity contribution in [1.29, 1.82) is 0 Å². The quantitative estimate of drug-likeness (QED) is 0.0597. The molecule has 68 heavy (non-hydrogen) atoms. The molecule has 0 aliphatic heterocycles. The van der Waals surface area contributed by atoms with Gasteiger partial charge in [-0.3, -0.25) is 9.59 Å². The molecular formula is C54H73ClN6O6Si. The van der Waals surface area contributed by atoms with Crippen molar-refractivity contribution in [2.45, 2.75) is 111 Å². The topological polar surface area (TPSA) is 164 Å². The van der Waals surface area contributed by atoms with Crippen LogP contribution >= 0.6 is 12.4 Å². The predicted octanol–water partition coefficient (Wildman–Crippen LogP) is 9.29. The van der Waals surface area contributed by atoms with Crippen molar-refractivity contribution in [3.05, 3.63) is 144 Å². The number of carbonyl (C=O) groups excluding carboxylic acids is 3. The smallest absolute Gasteiger partial charge is 0.407 e. The summed E-state index contributed by atoms with van der Waals surface area (Å²) in [5.41, 5.74) is 10.9. The molecule has 14 heteroatoms. The van der Waals surface area contributed by atoms with Crippen LogP contribution in [0.5, 0.6) is 0 Å². The lowest BCUT2D eigenvalue weighted by Crippen LogP contribution is -2.66. The van der Waals surface area contributed by atoms with Crippen LogP contribution in [-0.4, -0.2) is 81.1 Å². The Hall–Kier alpha value is -5.70. The number of benzene rings is 4. The van der Waals surface area contributed by atoms with E-state index in [0.29, 0.717) is 37.5 Å². The van der Waals surface area contributed by atoms with Gasteiger partial charge in [-0.15, -0.1) is 12.4 Å². The molecule has 2 atom stereocenters. The van der Waals surface area contributed by atoms with Gasteiger partial charge in [0.05, 0.1) is 11.4 Å². The van der Waals surface area contributed by atoms with E-state index in [-0.39, 0.29) is 55.1 Å². The van der Waals surface area contributed by atoms with Gasteiger partial charge in [-0.25, -0.2) is 14.8 Å². The highest BCUT2D eigenvalue weighted by Crippen LogP contribution is 2.37. The van der Waals surface area contributed by atoms with Gasteiger partial charge in [0, 0.05) is 76.8 Å². The number of nitrogens with two attached hydrogens (primary N) is 1. The molecule has 0 spiro atoms.